The molecule has 0 unspecified atom stereocenters. The smallest absolute Gasteiger partial charge is 0.107 e. The average Bonchev–Trinajstić information content (AvgIpc) is 2.68. The van der Waals surface area contributed by atoms with Gasteiger partial charge in [-0.15, -0.1) is 0 Å². The molecule has 3 heteroatoms. The molecule has 7 atom stereocenters. The van der Waals surface area contributed by atoms with E-state index in [1.807, 2.05) is 0 Å². The second-order valence-electron chi connectivity index (χ2n) is 7.50. The molecule has 114 valence electrons. The van der Waals surface area contributed by atoms with Gasteiger partial charge in [-0.3, -0.25) is 0 Å². The van der Waals surface area contributed by atoms with Gasteiger partial charge >= 0.3 is 0 Å². The van der Waals surface area contributed by atoms with E-state index in [4.69, 9.17) is 0 Å². The molecule has 0 radical (unpaired) electrons. The van der Waals surface area contributed by atoms with E-state index in [9.17, 15) is 15.3 Å². The predicted octanol–water partition coefficient (Wildman–Crippen LogP) is 1.85. The van der Waals surface area contributed by atoms with E-state index in [1.165, 1.54) is 11.1 Å². The lowest BCUT2D eigenvalue weighted by molar-refractivity contribution is -0.0505. The molecule has 21 heavy (non-hydrogen) atoms. The maximum Gasteiger partial charge on any atom is 0.107 e. The number of rotatable bonds is 0. The average molecular weight is 288 g/mol. The second-order valence-corrected chi connectivity index (χ2v) is 7.50. The third-order valence-electron chi connectivity index (χ3n) is 6.65. The van der Waals surface area contributed by atoms with E-state index >= 15 is 0 Å². The Balaban J connectivity index is 1.75. The van der Waals surface area contributed by atoms with Gasteiger partial charge < -0.3 is 15.3 Å². The van der Waals surface area contributed by atoms with Gasteiger partial charge in [0.1, 0.15) is 6.10 Å². The lowest BCUT2D eigenvalue weighted by Crippen LogP contribution is -2.46. The van der Waals surface area contributed by atoms with Gasteiger partial charge in [-0.25, -0.2) is 0 Å². The fraction of sp³-hybridized carbons (Fsp3) is 0.667. The van der Waals surface area contributed by atoms with Crippen molar-refractivity contribution < 1.29 is 15.3 Å². The van der Waals surface area contributed by atoms with Crippen LogP contribution >= 0.6 is 0 Å². The van der Waals surface area contributed by atoms with Crippen LogP contribution in [-0.4, -0.2) is 33.6 Å². The standard InChI is InChI=1S/C18H24O3/c1-18-9-8-12-11-5-3-2-4-10(11)6-7-13(12)14(18)15(19)16(20)17(18)21/h2-5,12-17,19-21H,6-9H2,1H3/t12-,13-,14-,15+,16+,17+,18+/m1/s1. The van der Waals surface area contributed by atoms with Crippen LogP contribution in [0.5, 0.6) is 0 Å². The zero-order valence-corrected chi connectivity index (χ0v) is 12.4. The molecule has 3 aliphatic carbocycles. The first-order chi connectivity index (χ1) is 10.0. The fourth-order valence-corrected chi connectivity index (χ4v) is 5.58. The summed E-state index contributed by atoms with van der Waals surface area (Å²) in [6, 6.07) is 8.64. The van der Waals surface area contributed by atoms with Gasteiger partial charge in [0.2, 0.25) is 0 Å². The Labute approximate surface area is 125 Å². The molecule has 2 fully saturated rings. The van der Waals surface area contributed by atoms with Crippen LogP contribution in [0.2, 0.25) is 0 Å². The van der Waals surface area contributed by atoms with Gasteiger partial charge in [0.15, 0.2) is 0 Å². The Morgan fingerprint density at radius 1 is 1.05 bits per heavy atom. The monoisotopic (exact) mass is 288 g/mol. The minimum Gasteiger partial charge on any atom is -0.390 e. The normalized spacial score (nSPS) is 48.4. The number of aliphatic hydroxyl groups excluding tert-OH is 3. The van der Waals surface area contributed by atoms with Crippen molar-refractivity contribution in [1.29, 1.82) is 0 Å². The Kier molecular flexibility index (Phi) is 2.97. The van der Waals surface area contributed by atoms with Crippen molar-refractivity contribution in [3.8, 4) is 0 Å². The number of hydrogen-bond donors (Lipinski definition) is 3. The van der Waals surface area contributed by atoms with Crippen molar-refractivity contribution in [2.75, 3.05) is 0 Å². The van der Waals surface area contributed by atoms with Crippen molar-refractivity contribution in [2.24, 2.45) is 17.3 Å². The summed E-state index contributed by atoms with van der Waals surface area (Å²) in [5.74, 6) is 0.857. The number of aryl methyl sites for hydroxylation is 1. The number of benzene rings is 1. The molecule has 0 amide bonds. The van der Waals surface area contributed by atoms with Crippen LogP contribution in [0.3, 0.4) is 0 Å². The third kappa shape index (κ3) is 1.71. The number of aliphatic hydroxyl groups is 3. The zero-order valence-electron chi connectivity index (χ0n) is 12.4. The molecule has 3 aliphatic rings. The Bertz CT molecular complexity index is 557. The molecule has 1 aromatic rings. The van der Waals surface area contributed by atoms with Crippen LogP contribution in [-0.2, 0) is 6.42 Å². The van der Waals surface area contributed by atoms with E-state index in [1.54, 1.807) is 0 Å². The van der Waals surface area contributed by atoms with E-state index in [0.717, 1.165) is 25.7 Å². The van der Waals surface area contributed by atoms with E-state index in [0.29, 0.717) is 11.8 Å². The summed E-state index contributed by atoms with van der Waals surface area (Å²) in [6.07, 6.45) is 1.45. The molecule has 1 aromatic carbocycles. The van der Waals surface area contributed by atoms with Crippen LogP contribution < -0.4 is 0 Å². The minimum atomic E-state index is -0.990. The largest absolute Gasteiger partial charge is 0.390 e. The van der Waals surface area contributed by atoms with Crippen LogP contribution in [0.25, 0.3) is 0 Å². The predicted molar refractivity (Wildman–Crippen MR) is 79.8 cm³/mol. The summed E-state index contributed by atoms with van der Waals surface area (Å²) in [5, 5.41) is 31.1. The van der Waals surface area contributed by atoms with Crippen LogP contribution in [0.15, 0.2) is 24.3 Å². The Morgan fingerprint density at radius 3 is 2.62 bits per heavy atom. The summed E-state index contributed by atoms with van der Waals surface area (Å²) >= 11 is 0. The highest BCUT2D eigenvalue weighted by Gasteiger charge is 2.62. The van der Waals surface area contributed by atoms with Gasteiger partial charge in [0, 0.05) is 5.41 Å². The van der Waals surface area contributed by atoms with Crippen LogP contribution in [0.1, 0.15) is 43.2 Å². The lowest BCUT2D eigenvalue weighted by Gasteiger charge is -2.50. The SMILES string of the molecule is C[C@]12CC[C@@H]3c4ccccc4CC[C@H]3[C@@H]1[C@H](O)[C@H](O)[C@@H]2O. The highest BCUT2D eigenvalue weighted by molar-refractivity contribution is 5.35. The molecule has 0 aromatic heterocycles. The minimum absolute atomic E-state index is 0.00889. The van der Waals surface area contributed by atoms with Crippen LogP contribution in [0, 0.1) is 17.3 Å². The number of hydrogen-bond acceptors (Lipinski definition) is 3. The maximum atomic E-state index is 10.5. The first-order valence-electron chi connectivity index (χ1n) is 8.16. The summed E-state index contributed by atoms with van der Waals surface area (Å²) in [7, 11) is 0. The molecule has 0 spiro atoms. The topological polar surface area (TPSA) is 60.7 Å². The van der Waals surface area contributed by atoms with Crippen molar-refractivity contribution in [1.82, 2.24) is 0 Å². The first kappa shape index (κ1) is 13.7. The third-order valence-corrected chi connectivity index (χ3v) is 6.65. The molecule has 0 saturated heterocycles. The Hall–Kier alpha value is -0.900. The first-order valence-corrected chi connectivity index (χ1v) is 8.16. The van der Waals surface area contributed by atoms with Crippen molar-refractivity contribution in [3.63, 3.8) is 0 Å². The molecule has 0 bridgehead atoms. The molecule has 3 N–H and O–H groups in total. The molecule has 0 heterocycles. The molecule has 4 rings (SSSR count). The summed E-state index contributed by atoms with van der Waals surface area (Å²) in [6.45, 7) is 2.05. The highest BCUT2D eigenvalue weighted by atomic mass is 16.4. The summed E-state index contributed by atoms with van der Waals surface area (Å²) in [5.41, 5.74) is 2.53. The fourth-order valence-electron chi connectivity index (χ4n) is 5.58. The molecule has 0 aliphatic heterocycles. The molecule has 3 nitrogen and oxygen atoms in total. The van der Waals surface area contributed by atoms with Gasteiger partial charge in [-0.1, -0.05) is 31.2 Å². The Morgan fingerprint density at radius 2 is 1.81 bits per heavy atom. The van der Waals surface area contributed by atoms with Crippen molar-refractivity contribution in [2.45, 2.75) is 56.8 Å². The maximum absolute atomic E-state index is 10.5. The van der Waals surface area contributed by atoms with Crippen molar-refractivity contribution >= 4 is 0 Å². The molecule has 2 saturated carbocycles. The van der Waals surface area contributed by atoms with Gasteiger partial charge in [0.25, 0.3) is 0 Å². The van der Waals surface area contributed by atoms with Crippen molar-refractivity contribution in [3.05, 3.63) is 35.4 Å². The summed E-state index contributed by atoms with van der Waals surface area (Å²) < 4.78 is 0. The quantitative estimate of drug-likeness (QED) is 0.683. The lowest BCUT2D eigenvalue weighted by atomic mass is 9.55. The number of fused-ring (bicyclic) bond motifs is 5. The van der Waals surface area contributed by atoms with Gasteiger partial charge in [-0.2, -0.15) is 0 Å². The van der Waals surface area contributed by atoms with Crippen LogP contribution in [0.4, 0.5) is 0 Å². The molecular weight excluding hydrogens is 264 g/mol. The van der Waals surface area contributed by atoms with E-state index < -0.39 is 18.3 Å². The second kappa shape index (κ2) is 4.55. The zero-order chi connectivity index (χ0) is 14.8. The van der Waals surface area contributed by atoms with Gasteiger partial charge in [0.05, 0.1) is 12.2 Å². The highest BCUT2D eigenvalue weighted by Crippen LogP contribution is 2.60. The summed E-state index contributed by atoms with van der Waals surface area (Å²) in [4.78, 5) is 0. The van der Waals surface area contributed by atoms with E-state index in [-0.39, 0.29) is 11.3 Å². The van der Waals surface area contributed by atoms with Gasteiger partial charge in [-0.05, 0) is 54.6 Å². The van der Waals surface area contributed by atoms with E-state index in [2.05, 4.69) is 31.2 Å². The molecular formula is C18H24O3.